The third kappa shape index (κ3) is 4.23. The quantitative estimate of drug-likeness (QED) is 0.404. The van der Waals surface area contributed by atoms with E-state index in [4.69, 9.17) is 0 Å². The van der Waals surface area contributed by atoms with Gasteiger partial charge in [-0.05, 0) is 61.4 Å². The summed E-state index contributed by atoms with van der Waals surface area (Å²) in [6.45, 7) is 2.65. The second-order valence-corrected chi connectivity index (χ2v) is 9.35. The maximum absolute atomic E-state index is 12.6. The number of thiophene rings is 1. The first-order valence-electron chi connectivity index (χ1n) is 11.1. The molecule has 2 aromatic heterocycles. The number of fused-ring (bicyclic) bond motifs is 3. The van der Waals surface area contributed by atoms with Gasteiger partial charge in [0.15, 0.2) is 0 Å². The zero-order chi connectivity index (χ0) is 21.9. The highest BCUT2D eigenvalue weighted by Gasteiger charge is 2.19. The molecular formula is C26H26N4OS. The summed E-state index contributed by atoms with van der Waals surface area (Å²) in [6, 6.07) is 17.7. The van der Waals surface area contributed by atoms with Crippen LogP contribution in [0.4, 0.5) is 5.82 Å². The predicted molar refractivity (Wildman–Crippen MR) is 130 cm³/mol. The van der Waals surface area contributed by atoms with Gasteiger partial charge in [-0.3, -0.25) is 4.79 Å². The van der Waals surface area contributed by atoms with E-state index in [1.54, 1.807) is 6.33 Å². The summed E-state index contributed by atoms with van der Waals surface area (Å²) < 4.78 is 0. The van der Waals surface area contributed by atoms with Crippen LogP contribution in [0.5, 0.6) is 0 Å². The Kier molecular flexibility index (Phi) is 5.86. The molecule has 0 saturated carbocycles. The maximum Gasteiger partial charge on any atom is 0.251 e. The summed E-state index contributed by atoms with van der Waals surface area (Å²) in [4.78, 5) is 24.2. The molecule has 0 fully saturated rings. The molecule has 4 aromatic rings. The number of carbonyl (C=O) groups is 1. The van der Waals surface area contributed by atoms with Crippen molar-refractivity contribution in [2.45, 2.75) is 45.2 Å². The Morgan fingerprint density at radius 3 is 2.62 bits per heavy atom. The molecule has 32 heavy (non-hydrogen) atoms. The highest BCUT2D eigenvalue weighted by Crippen LogP contribution is 2.38. The highest BCUT2D eigenvalue weighted by atomic mass is 32.1. The topological polar surface area (TPSA) is 66.9 Å². The van der Waals surface area contributed by atoms with Crippen LogP contribution in [0, 0.1) is 0 Å². The van der Waals surface area contributed by atoms with Crippen LogP contribution in [0.25, 0.3) is 10.2 Å². The summed E-state index contributed by atoms with van der Waals surface area (Å²) >= 11 is 1.81. The van der Waals surface area contributed by atoms with Crippen molar-refractivity contribution >= 4 is 33.3 Å². The third-order valence-corrected chi connectivity index (χ3v) is 7.27. The number of benzene rings is 2. The van der Waals surface area contributed by atoms with Gasteiger partial charge in [-0.2, -0.15) is 0 Å². The van der Waals surface area contributed by atoms with Gasteiger partial charge in [0.05, 0.1) is 11.4 Å². The fourth-order valence-electron chi connectivity index (χ4n) is 4.29. The van der Waals surface area contributed by atoms with Crippen molar-refractivity contribution in [3.8, 4) is 0 Å². The molecule has 5 nitrogen and oxygen atoms in total. The van der Waals surface area contributed by atoms with Crippen LogP contribution < -0.4 is 10.6 Å². The molecule has 0 spiro atoms. The van der Waals surface area contributed by atoms with E-state index in [0.29, 0.717) is 12.1 Å². The van der Waals surface area contributed by atoms with Gasteiger partial charge in [0.25, 0.3) is 5.91 Å². The smallest absolute Gasteiger partial charge is 0.251 e. The summed E-state index contributed by atoms with van der Waals surface area (Å²) in [5, 5.41) is 7.76. The van der Waals surface area contributed by atoms with E-state index in [9.17, 15) is 4.79 Å². The molecule has 162 valence electrons. The molecule has 0 radical (unpaired) electrons. The van der Waals surface area contributed by atoms with Gasteiger partial charge >= 0.3 is 0 Å². The van der Waals surface area contributed by atoms with Gasteiger partial charge < -0.3 is 10.6 Å². The second kappa shape index (κ2) is 9.09. The van der Waals surface area contributed by atoms with Crippen LogP contribution >= 0.6 is 11.3 Å². The van der Waals surface area contributed by atoms with E-state index in [2.05, 4.69) is 20.6 Å². The lowest BCUT2D eigenvalue weighted by atomic mass is 9.97. The lowest BCUT2D eigenvalue weighted by Gasteiger charge is -2.15. The van der Waals surface area contributed by atoms with Gasteiger partial charge in [0.2, 0.25) is 0 Å². The molecule has 6 heteroatoms. The molecule has 2 heterocycles. The number of carbonyl (C=O) groups excluding carboxylic acids is 1. The van der Waals surface area contributed by atoms with E-state index >= 15 is 0 Å². The molecule has 0 bridgehead atoms. The Hall–Kier alpha value is -3.25. The number of rotatable bonds is 6. The minimum Gasteiger partial charge on any atom is -0.365 e. The molecule has 5 rings (SSSR count). The van der Waals surface area contributed by atoms with Gasteiger partial charge in [-0.1, -0.05) is 42.5 Å². The molecular weight excluding hydrogens is 416 g/mol. The molecule has 2 aromatic carbocycles. The molecule has 1 aliphatic carbocycles. The summed E-state index contributed by atoms with van der Waals surface area (Å²) in [5.74, 6) is 0.844. The first kappa shape index (κ1) is 20.6. The molecule has 1 amide bonds. The standard InChI is InChI=1S/C26H26N4OS/c1-17(19-7-3-2-4-8-19)30-25(31)20-13-11-18(12-14-20)15-27-24-23-21-9-5-6-10-22(21)32-26(23)29-16-28-24/h2-4,7-8,11-14,16-17H,5-6,9-10,15H2,1H3,(H,30,31)(H,27,28,29). The molecule has 2 N–H and O–H groups in total. The Labute approximate surface area is 191 Å². The third-order valence-electron chi connectivity index (χ3n) is 6.07. The predicted octanol–water partition coefficient (Wildman–Crippen LogP) is 5.67. The van der Waals surface area contributed by atoms with Crippen molar-refractivity contribution in [2.75, 3.05) is 5.32 Å². The van der Waals surface area contributed by atoms with Crippen LogP contribution in [-0.2, 0) is 19.4 Å². The number of aromatic nitrogens is 2. The van der Waals surface area contributed by atoms with E-state index in [1.807, 2.05) is 72.9 Å². The van der Waals surface area contributed by atoms with Crippen LogP contribution in [0.3, 0.4) is 0 Å². The minimum absolute atomic E-state index is 0.0400. The Morgan fingerprint density at radius 2 is 1.81 bits per heavy atom. The molecule has 1 unspecified atom stereocenters. The van der Waals surface area contributed by atoms with Gasteiger partial charge in [0.1, 0.15) is 17.0 Å². The minimum atomic E-state index is -0.0664. The lowest BCUT2D eigenvalue weighted by Crippen LogP contribution is -2.26. The first-order valence-corrected chi connectivity index (χ1v) is 11.9. The number of hydrogen-bond acceptors (Lipinski definition) is 5. The van der Waals surface area contributed by atoms with Crippen LogP contribution in [0.2, 0.25) is 0 Å². The number of anilines is 1. The number of nitrogens with zero attached hydrogens (tertiary/aromatic N) is 2. The van der Waals surface area contributed by atoms with Gasteiger partial charge in [-0.15, -0.1) is 11.3 Å². The van der Waals surface area contributed by atoms with Gasteiger partial charge in [-0.25, -0.2) is 9.97 Å². The fourth-order valence-corrected chi connectivity index (χ4v) is 5.52. The number of aryl methyl sites for hydroxylation is 2. The normalized spacial score (nSPS) is 14.0. The van der Waals surface area contributed by atoms with E-state index in [-0.39, 0.29) is 11.9 Å². The Balaban J connectivity index is 1.26. The second-order valence-electron chi connectivity index (χ2n) is 8.27. The Morgan fingerprint density at radius 1 is 1.03 bits per heavy atom. The van der Waals surface area contributed by atoms with Crippen LogP contribution in [-0.4, -0.2) is 15.9 Å². The fraction of sp³-hybridized carbons (Fsp3) is 0.269. The first-order chi connectivity index (χ1) is 15.7. The highest BCUT2D eigenvalue weighted by molar-refractivity contribution is 7.19. The van der Waals surface area contributed by atoms with E-state index in [0.717, 1.165) is 34.6 Å². The molecule has 1 atom stereocenters. The van der Waals surface area contributed by atoms with Crippen molar-refractivity contribution in [3.63, 3.8) is 0 Å². The summed E-state index contributed by atoms with van der Waals surface area (Å²) in [6.07, 6.45) is 6.42. The summed E-state index contributed by atoms with van der Waals surface area (Å²) in [7, 11) is 0. The molecule has 0 saturated heterocycles. The van der Waals surface area contributed by atoms with Crippen molar-refractivity contribution < 1.29 is 4.79 Å². The van der Waals surface area contributed by atoms with Crippen LogP contribution in [0.15, 0.2) is 60.9 Å². The van der Waals surface area contributed by atoms with E-state index in [1.165, 1.54) is 28.7 Å². The number of hydrogen-bond donors (Lipinski definition) is 2. The number of amides is 1. The average Bonchev–Trinajstić information content (AvgIpc) is 3.23. The monoisotopic (exact) mass is 442 g/mol. The van der Waals surface area contributed by atoms with Crippen molar-refractivity contribution in [1.29, 1.82) is 0 Å². The maximum atomic E-state index is 12.6. The van der Waals surface area contributed by atoms with Gasteiger partial charge in [0, 0.05) is 17.0 Å². The van der Waals surface area contributed by atoms with Crippen molar-refractivity contribution in [2.24, 2.45) is 0 Å². The summed E-state index contributed by atoms with van der Waals surface area (Å²) in [5.41, 5.74) is 4.29. The number of nitrogens with one attached hydrogen (secondary N) is 2. The zero-order valence-corrected chi connectivity index (χ0v) is 18.9. The van der Waals surface area contributed by atoms with Crippen molar-refractivity contribution in [3.05, 3.63) is 88.1 Å². The van der Waals surface area contributed by atoms with Crippen LogP contribution in [0.1, 0.15) is 57.7 Å². The zero-order valence-electron chi connectivity index (χ0n) is 18.1. The largest absolute Gasteiger partial charge is 0.365 e. The lowest BCUT2D eigenvalue weighted by molar-refractivity contribution is 0.0940. The van der Waals surface area contributed by atoms with E-state index < -0.39 is 0 Å². The Bertz CT molecular complexity index is 1230. The molecule has 1 aliphatic rings. The SMILES string of the molecule is CC(NC(=O)c1ccc(CNc2ncnc3sc4c(c23)CCCC4)cc1)c1ccccc1. The van der Waals surface area contributed by atoms with Crippen molar-refractivity contribution in [1.82, 2.24) is 15.3 Å². The molecule has 0 aliphatic heterocycles. The average molecular weight is 443 g/mol.